The van der Waals surface area contributed by atoms with Gasteiger partial charge in [0.15, 0.2) is 11.5 Å². The molecule has 0 aliphatic heterocycles. The lowest BCUT2D eigenvalue weighted by Gasteiger charge is -2.14. The lowest BCUT2D eigenvalue weighted by atomic mass is 10.1. The Kier molecular flexibility index (Phi) is 4.55. The Balaban J connectivity index is 1.78. The van der Waals surface area contributed by atoms with Gasteiger partial charge < -0.3 is 20.4 Å². The van der Waals surface area contributed by atoms with Gasteiger partial charge in [-0.1, -0.05) is 18.2 Å². The van der Waals surface area contributed by atoms with Gasteiger partial charge in [0.05, 0.1) is 25.0 Å². The molecule has 4 rings (SSSR count). The lowest BCUT2D eigenvalue weighted by Crippen LogP contribution is -2.12. The molecule has 0 amide bonds. The quantitative estimate of drug-likeness (QED) is 0.507. The van der Waals surface area contributed by atoms with Gasteiger partial charge in [0.2, 0.25) is 0 Å². The number of anilines is 2. The number of para-hydroxylation sites is 1. The van der Waals surface area contributed by atoms with Crippen LogP contribution in [0, 0.1) is 6.92 Å². The first-order valence-electron chi connectivity index (χ1n) is 8.70. The highest BCUT2D eigenvalue weighted by Gasteiger charge is 2.13. The van der Waals surface area contributed by atoms with Gasteiger partial charge >= 0.3 is 0 Å². The highest BCUT2D eigenvalue weighted by molar-refractivity contribution is 5.85. The van der Waals surface area contributed by atoms with Crippen LogP contribution >= 0.6 is 0 Å². The van der Waals surface area contributed by atoms with Crippen molar-refractivity contribution in [2.45, 2.75) is 13.5 Å². The van der Waals surface area contributed by atoms with E-state index in [-0.39, 0.29) is 0 Å². The zero-order valence-electron chi connectivity index (χ0n) is 15.3. The molecule has 138 valence electrons. The molecule has 0 atom stereocenters. The van der Waals surface area contributed by atoms with Gasteiger partial charge in [-0.3, -0.25) is 0 Å². The van der Waals surface area contributed by atoms with Crippen molar-refractivity contribution >= 4 is 33.7 Å². The van der Waals surface area contributed by atoms with Crippen LogP contribution in [0.5, 0.6) is 0 Å². The molecule has 0 aliphatic carbocycles. The molecule has 0 unspecified atom stereocenters. The predicted octanol–water partition coefficient (Wildman–Crippen LogP) is 2.37. The Morgan fingerprint density at radius 3 is 2.93 bits per heavy atom. The number of ether oxygens (including phenoxy) is 1. The molecule has 0 aliphatic rings. The molecule has 27 heavy (non-hydrogen) atoms. The van der Waals surface area contributed by atoms with Gasteiger partial charge in [-0.25, -0.2) is 19.9 Å². The van der Waals surface area contributed by atoms with E-state index in [1.165, 1.54) is 6.33 Å². The topological polar surface area (TPSA) is 104 Å². The first kappa shape index (κ1) is 17.2. The van der Waals surface area contributed by atoms with Crippen molar-refractivity contribution in [3.63, 3.8) is 0 Å². The highest BCUT2D eigenvalue weighted by Crippen LogP contribution is 2.25. The van der Waals surface area contributed by atoms with Gasteiger partial charge in [-0.05, 0) is 18.6 Å². The third kappa shape index (κ3) is 3.26. The summed E-state index contributed by atoms with van der Waals surface area (Å²) in [5.41, 5.74) is 10.4. The summed E-state index contributed by atoms with van der Waals surface area (Å²) < 4.78 is 7.11. The third-order valence-electron chi connectivity index (χ3n) is 4.50. The summed E-state index contributed by atoms with van der Waals surface area (Å²) in [6.45, 7) is 3.91. The molecule has 0 saturated carbocycles. The molecule has 0 fully saturated rings. The van der Waals surface area contributed by atoms with Crippen LogP contribution in [0.2, 0.25) is 0 Å². The molecule has 3 aromatic heterocycles. The number of aromatic nitrogens is 5. The molecule has 0 radical (unpaired) electrons. The number of rotatable bonds is 6. The number of pyridine rings is 1. The molecule has 8 heteroatoms. The molecule has 3 N–H and O–H groups in total. The fraction of sp³-hybridized carbons (Fsp3) is 0.263. The number of hydrogen-bond acceptors (Lipinski definition) is 7. The van der Waals surface area contributed by atoms with Gasteiger partial charge in [0.25, 0.3) is 0 Å². The monoisotopic (exact) mass is 363 g/mol. The van der Waals surface area contributed by atoms with Crippen LogP contribution in [0.1, 0.15) is 11.1 Å². The average Bonchev–Trinajstić information content (AvgIpc) is 3.07. The minimum atomic E-state index is 0.379. The van der Waals surface area contributed by atoms with Gasteiger partial charge in [0.1, 0.15) is 17.7 Å². The molecule has 8 nitrogen and oxygen atoms in total. The number of nitrogens with one attached hydrogen (secondary N) is 1. The summed E-state index contributed by atoms with van der Waals surface area (Å²) >= 11 is 0. The Labute approximate surface area is 156 Å². The SMILES string of the molecule is COCCNc1nc2c(C)cccc2cc1Cn1cnc2c(N)ncnc21. The molecule has 0 saturated heterocycles. The lowest BCUT2D eigenvalue weighted by molar-refractivity contribution is 0.210. The number of benzene rings is 1. The second-order valence-corrected chi connectivity index (χ2v) is 6.37. The van der Waals surface area contributed by atoms with E-state index in [9.17, 15) is 0 Å². The minimum Gasteiger partial charge on any atom is -0.383 e. The van der Waals surface area contributed by atoms with Crippen molar-refractivity contribution in [1.29, 1.82) is 0 Å². The van der Waals surface area contributed by atoms with E-state index in [1.807, 2.05) is 10.6 Å². The number of imidazole rings is 1. The van der Waals surface area contributed by atoms with E-state index in [2.05, 4.69) is 45.4 Å². The normalized spacial score (nSPS) is 11.3. The first-order chi connectivity index (χ1) is 13.2. The zero-order chi connectivity index (χ0) is 18.8. The average molecular weight is 363 g/mol. The Morgan fingerprint density at radius 2 is 2.07 bits per heavy atom. The van der Waals surface area contributed by atoms with E-state index in [0.29, 0.717) is 36.7 Å². The molecule has 0 bridgehead atoms. The summed E-state index contributed by atoms with van der Waals surface area (Å²) in [6.07, 6.45) is 3.19. The number of nitrogens with two attached hydrogens (primary N) is 1. The van der Waals surface area contributed by atoms with Crippen molar-refractivity contribution in [3.8, 4) is 0 Å². The second-order valence-electron chi connectivity index (χ2n) is 6.37. The molecular weight excluding hydrogens is 342 g/mol. The smallest absolute Gasteiger partial charge is 0.165 e. The number of methoxy groups -OCH3 is 1. The highest BCUT2D eigenvalue weighted by atomic mass is 16.5. The maximum atomic E-state index is 5.90. The molecule has 1 aromatic carbocycles. The van der Waals surface area contributed by atoms with E-state index in [0.717, 1.165) is 27.8 Å². The van der Waals surface area contributed by atoms with Crippen LogP contribution in [-0.4, -0.2) is 44.8 Å². The van der Waals surface area contributed by atoms with Crippen LogP contribution in [-0.2, 0) is 11.3 Å². The minimum absolute atomic E-state index is 0.379. The van der Waals surface area contributed by atoms with Crippen LogP contribution < -0.4 is 11.1 Å². The second kappa shape index (κ2) is 7.16. The first-order valence-corrected chi connectivity index (χ1v) is 8.70. The van der Waals surface area contributed by atoms with Crippen molar-refractivity contribution in [2.75, 3.05) is 31.3 Å². The maximum Gasteiger partial charge on any atom is 0.165 e. The van der Waals surface area contributed by atoms with Gasteiger partial charge in [-0.15, -0.1) is 0 Å². The predicted molar refractivity (Wildman–Crippen MR) is 106 cm³/mol. The molecule has 4 aromatic rings. The number of fused-ring (bicyclic) bond motifs is 2. The molecule has 0 spiro atoms. The van der Waals surface area contributed by atoms with Crippen molar-refractivity contribution in [3.05, 3.63) is 48.0 Å². The Hall–Kier alpha value is -3.26. The summed E-state index contributed by atoms with van der Waals surface area (Å²) in [7, 11) is 1.68. The van der Waals surface area contributed by atoms with Crippen LogP contribution in [0.3, 0.4) is 0 Å². The van der Waals surface area contributed by atoms with Gasteiger partial charge in [0, 0.05) is 24.6 Å². The van der Waals surface area contributed by atoms with E-state index in [1.54, 1.807) is 13.4 Å². The van der Waals surface area contributed by atoms with Crippen LogP contribution in [0.4, 0.5) is 11.6 Å². The van der Waals surface area contributed by atoms with Gasteiger partial charge in [-0.2, -0.15) is 0 Å². The Bertz CT molecular complexity index is 1110. The van der Waals surface area contributed by atoms with Crippen molar-refractivity contribution < 1.29 is 4.74 Å². The van der Waals surface area contributed by atoms with E-state index < -0.39 is 0 Å². The van der Waals surface area contributed by atoms with E-state index in [4.69, 9.17) is 15.5 Å². The Morgan fingerprint density at radius 1 is 1.19 bits per heavy atom. The molecular formula is C19H21N7O. The fourth-order valence-electron chi connectivity index (χ4n) is 3.13. The van der Waals surface area contributed by atoms with Crippen molar-refractivity contribution in [1.82, 2.24) is 24.5 Å². The largest absolute Gasteiger partial charge is 0.383 e. The zero-order valence-corrected chi connectivity index (χ0v) is 15.3. The van der Waals surface area contributed by atoms with Crippen LogP contribution in [0.25, 0.3) is 22.1 Å². The summed E-state index contributed by atoms with van der Waals surface area (Å²) in [5.74, 6) is 1.21. The molecule has 3 heterocycles. The third-order valence-corrected chi connectivity index (χ3v) is 4.50. The summed E-state index contributed by atoms with van der Waals surface area (Å²) in [6, 6.07) is 8.34. The summed E-state index contributed by atoms with van der Waals surface area (Å²) in [5, 5.41) is 4.48. The van der Waals surface area contributed by atoms with E-state index >= 15 is 0 Å². The van der Waals surface area contributed by atoms with Crippen molar-refractivity contribution in [2.24, 2.45) is 0 Å². The number of aryl methyl sites for hydroxylation is 1. The number of hydrogen-bond donors (Lipinski definition) is 2. The maximum absolute atomic E-state index is 5.90. The summed E-state index contributed by atoms with van der Waals surface area (Å²) in [4.78, 5) is 17.5. The fourth-order valence-corrected chi connectivity index (χ4v) is 3.13. The standard InChI is InChI=1S/C19H21N7O/c1-12-4-3-5-13-8-14(18(25-15(12)13)21-6-7-27-2)9-26-11-24-16-17(20)22-10-23-19(16)26/h3-5,8,10-11H,6-7,9H2,1-2H3,(H,21,25)(H2,20,22,23). The van der Waals surface area contributed by atoms with Crippen LogP contribution in [0.15, 0.2) is 36.9 Å². The number of nitrogen functional groups attached to an aromatic ring is 1. The number of nitrogens with zero attached hydrogens (tertiary/aromatic N) is 5.